The highest BCUT2D eigenvalue weighted by Crippen LogP contribution is 2.45. The number of nitrogens with zero attached hydrogens (tertiary/aromatic N) is 3. The summed E-state index contributed by atoms with van der Waals surface area (Å²) in [5.74, 6) is 0.0576. The fourth-order valence-corrected chi connectivity index (χ4v) is 3.35. The second-order valence-corrected chi connectivity index (χ2v) is 6.32. The van der Waals surface area contributed by atoms with E-state index >= 15 is 0 Å². The van der Waals surface area contributed by atoms with Gasteiger partial charge in [0.2, 0.25) is 0 Å². The van der Waals surface area contributed by atoms with Crippen molar-refractivity contribution in [3.05, 3.63) is 48.0 Å². The zero-order valence-corrected chi connectivity index (χ0v) is 13.1. The molecule has 0 radical (unpaired) electrons. The lowest BCUT2D eigenvalue weighted by Crippen LogP contribution is -2.36. The maximum Gasteiger partial charge on any atom is 0.407 e. The number of likely N-dealkylation sites (tertiary alicyclic amines) is 1. The van der Waals surface area contributed by atoms with E-state index in [1.54, 1.807) is 12.1 Å². The second kappa shape index (κ2) is 5.80. The van der Waals surface area contributed by atoms with Gasteiger partial charge >= 0.3 is 6.09 Å². The van der Waals surface area contributed by atoms with Crippen LogP contribution in [0.4, 0.5) is 9.18 Å². The number of rotatable bonds is 3. The number of carbonyl (C=O) groups is 2. The molecule has 2 aliphatic rings. The minimum atomic E-state index is -0.918. The molecule has 7 nitrogen and oxygen atoms in total. The van der Waals surface area contributed by atoms with Crippen LogP contribution in [0.3, 0.4) is 0 Å². The van der Waals surface area contributed by atoms with Crippen LogP contribution in [0.5, 0.6) is 0 Å². The summed E-state index contributed by atoms with van der Waals surface area (Å²) < 4.78 is 13.2. The standard InChI is InChI=1S/C17H15FN4O3/c18-11-3-1-2-9(4-11)15-19-5-10(6-20-15)16(23)21-14-12-7-22(17(24)25)8-13(12)14/h1-6,12-14H,7-8H2,(H,21,23)(H,24,25)/t12-,13+,14-. The van der Waals surface area contributed by atoms with Gasteiger partial charge in [-0.05, 0) is 12.1 Å². The smallest absolute Gasteiger partial charge is 0.407 e. The first kappa shape index (κ1) is 15.5. The van der Waals surface area contributed by atoms with E-state index in [0.29, 0.717) is 30.0 Å². The van der Waals surface area contributed by atoms with Gasteiger partial charge in [0.1, 0.15) is 5.82 Å². The van der Waals surface area contributed by atoms with Crippen molar-refractivity contribution in [1.29, 1.82) is 0 Å². The van der Waals surface area contributed by atoms with Crippen LogP contribution in [0.25, 0.3) is 11.4 Å². The van der Waals surface area contributed by atoms with Crippen LogP contribution in [0.15, 0.2) is 36.7 Å². The summed E-state index contributed by atoms with van der Waals surface area (Å²) in [6, 6.07) is 5.93. The van der Waals surface area contributed by atoms with Gasteiger partial charge in [-0.2, -0.15) is 0 Å². The third-order valence-corrected chi connectivity index (χ3v) is 4.76. The van der Waals surface area contributed by atoms with Gasteiger partial charge in [-0.15, -0.1) is 0 Å². The lowest BCUT2D eigenvalue weighted by molar-refractivity contribution is 0.0942. The summed E-state index contributed by atoms with van der Waals surface area (Å²) in [7, 11) is 0. The molecular weight excluding hydrogens is 327 g/mol. The van der Waals surface area contributed by atoms with Crippen LogP contribution in [-0.4, -0.2) is 51.1 Å². The van der Waals surface area contributed by atoms with Gasteiger partial charge in [0.25, 0.3) is 5.91 Å². The molecule has 8 heteroatoms. The van der Waals surface area contributed by atoms with E-state index in [4.69, 9.17) is 5.11 Å². The van der Waals surface area contributed by atoms with Gasteiger partial charge in [-0.25, -0.2) is 19.2 Å². The van der Waals surface area contributed by atoms with E-state index in [1.165, 1.54) is 29.4 Å². The van der Waals surface area contributed by atoms with Gasteiger partial charge in [0.15, 0.2) is 5.82 Å². The van der Waals surface area contributed by atoms with Crippen LogP contribution >= 0.6 is 0 Å². The number of halogens is 1. The fraction of sp³-hybridized carbons (Fsp3) is 0.294. The van der Waals surface area contributed by atoms with E-state index < -0.39 is 6.09 Å². The number of aromatic nitrogens is 2. The molecule has 0 spiro atoms. The molecule has 2 aromatic rings. The summed E-state index contributed by atoms with van der Waals surface area (Å²) in [4.78, 5) is 32.8. The number of amides is 2. The molecule has 1 saturated carbocycles. The largest absolute Gasteiger partial charge is 0.465 e. The molecule has 2 N–H and O–H groups in total. The zero-order valence-electron chi connectivity index (χ0n) is 13.1. The average molecular weight is 342 g/mol. The third-order valence-electron chi connectivity index (χ3n) is 4.76. The zero-order chi connectivity index (χ0) is 17.6. The topological polar surface area (TPSA) is 95.4 Å². The molecule has 2 amide bonds. The van der Waals surface area contributed by atoms with Crippen molar-refractivity contribution < 1.29 is 19.1 Å². The minimum Gasteiger partial charge on any atom is -0.465 e. The molecule has 4 rings (SSSR count). The van der Waals surface area contributed by atoms with E-state index in [0.717, 1.165) is 0 Å². The van der Waals surface area contributed by atoms with Crippen molar-refractivity contribution >= 4 is 12.0 Å². The Morgan fingerprint density at radius 3 is 2.48 bits per heavy atom. The summed E-state index contributed by atoms with van der Waals surface area (Å²) in [5.41, 5.74) is 0.859. The monoisotopic (exact) mass is 342 g/mol. The van der Waals surface area contributed by atoms with E-state index in [9.17, 15) is 14.0 Å². The van der Waals surface area contributed by atoms with Gasteiger partial charge in [0.05, 0.1) is 5.56 Å². The Kier molecular flexibility index (Phi) is 3.60. The first-order chi connectivity index (χ1) is 12.0. The number of hydrogen-bond acceptors (Lipinski definition) is 4. The predicted molar refractivity (Wildman–Crippen MR) is 85.3 cm³/mol. The number of benzene rings is 1. The van der Waals surface area contributed by atoms with Gasteiger partial charge in [-0.3, -0.25) is 4.79 Å². The lowest BCUT2D eigenvalue weighted by atomic mass is 10.2. The van der Waals surface area contributed by atoms with E-state index in [1.807, 2.05) is 0 Å². The normalized spacial score (nSPS) is 23.9. The van der Waals surface area contributed by atoms with Crippen molar-refractivity contribution in [1.82, 2.24) is 20.2 Å². The number of fused-ring (bicyclic) bond motifs is 1. The van der Waals surface area contributed by atoms with Crippen LogP contribution in [0.2, 0.25) is 0 Å². The second-order valence-electron chi connectivity index (χ2n) is 6.32. The molecular formula is C17H15FN4O3. The molecule has 2 fully saturated rings. The highest BCUT2D eigenvalue weighted by molar-refractivity contribution is 5.94. The molecule has 1 aromatic heterocycles. The van der Waals surface area contributed by atoms with Crippen LogP contribution in [0.1, 0.15) is 10.4 Å². The number of piperidine rings is 1. The molecule has 1 saturated heterocycles. The van der Waals surface area contributed by atoms with Crippen LogP contribution in [0, 0.1) is 17.7 Å². The van der Waals surface area contributed by atoms with E-state index in [2.05, 4.69) is 15.3 Å². The summed E-state index contributed by atoms with van der Waals surface area (Å²) in [6.45, 7) is 0.917. The van der Waals surface area contributed by atoms with Crippen molar-refractivity contribution in [2.45, 2.75) is 6.04 Å². The summed E-state index contributed by atoms with van der Waals surface area (Å²) in [6.07, 6.45) is 1.90. The first-order valence-corrected chi connectivity index (χ1v) is 7.89. The molecule has 25 heavy (non-hydrogen) atoms. The van der Waals surface area contributed by atoms with Crippen LogP contribution < -0.4 is 5.32 Å². The van der Waals surface area contributed by atoms with Crippen molar-refractivity contribution in [3.8, 4) is 11.4 Å². The van der Waals surface area contributed by atoms with Gasteiger partial charge < -0.3 is 15.3 Å². The third kappa shape index (κ3) is 2.90. The molecule has 3 atom stereocenters. The van der Waals surface area contributed by atoms with Crippen molar-refractivity contribution in [3.63, 3.8) is 0 Å². The lowest BCUT2D eigenvalue weighted by Gasteiger charge is -2.16. The highest BCUT2D eigenvalue weighted by atomic mass is 19.1. The maximum atomic E-state index is 13.2. The molecule has 0 bridgehead atoms. The van der Waals surface area contributed by atoms with Crippen molar-refractivity contribution in [2.75, 3.05) is 13.1 Å². The number of carboxylic acid groups (broad SMARTS) is 1. The molecule has 0 unspecified atom stereocenters. The molecule has 1 aliphatic carbocycles. The fourth-order valence-electron chi connectivity index (χ4n) is 3.35. The number of hydrogen-bond donors (Lipinski definition) is 2. The first-order valence-electron chi connectivity index (χ1n) is 7.89. The Labute approximate surface area is 142 Å². The highest BCUT2D eigenvalue weighted by Gasteiger charge is 2.57. The molecule has 1 aromatic carbocycles. The minimum absolute atomic E-state index is 0.00555. The van der Waals surface area contributed by atoms with Crippen molar-refractivity contribution in [2.24, 2.45) is 11.8 Å². The Bertz CT molecular complexity index is 830. The van der Waals surface area contributed by atoms with Gasteiger partial charge in [0, 0.05) is 48.9 Å². The maximum absolute atomic E-state index is 13.2. The summed E-state index contributed by atoms with van der Waals surface area (Å²) in [5, 5.41) is 11.8. The number of carbonyl (C=O) groups excluding carboxylic acids is 1. The predicted octanol–water partition coefficient (Wildman–Crippen LogP) is 1.62. The molecule has 1 aliphatic heterocycles. The Balaban J connectivity index is 1.38. The average Bonchev–Trinajstić information content (AvgIpc) is 3.04. The quantitative estimate of drug-likeness (QED) is 0.884. The molecule has 2 heterocycles. The Hall–Kier alpha value is -3.03. The Morgan fingerprint density at radius 2 is 1.88 bits per heavy atom. The summed E-state index contributed by atoms with van der Waals surface area (Å²) >= 11 is 0. The SMILES string of the molecule is O=C(N[C@@H]1[C@@H]2CN(C(=O)O)C[C@@H]21)c1cnc(-c2cccc(F)c2)nc1. The van der Waals surface area contributed by atoms with Crippen LogP contribution in [-0.2, 0) is 0 Å². The Morgan fingerprint density at radius 1 is 1.20 bits per heavy atom. The van der Waals surface area contributed by atoms with Gasteiger partial charge in [-0.1, -0.05) is 12.1 Å². The van der Waals surface area contributed by atoms with E-state index in [-0.39, 0.29) is 29.6 Å². The molecule has 128 valence electrons. The number of nitrogens with one attached hydrogen (secondary N) is 1.